The Morgan fingerprint density at radius 1 is 1.12 bits per heavy atom. The minimum atomic E-state index is 0.202. The quantitative estimate of drug-likeness (QED) is 0.642. The molecule has 0 spiro atoms. The minimum absolute atomic E-state index is 0.202. The van der Waals surface area contributed by atoms with E-state index >= 15 is 0 Å². The predicted octanol–water partition coefficient (Wildman–Crippen LogP) is 3.61. The molecular formula is C14H31NO. The molecule has 0 radical (unpaired) electrons. The second-order valence-corrected chi connectivity index (χ2v) is 5.68. The molecule has 0 aliphatic rings. The van der Waals surface area contributed by atoms with E-state index in [0.29, 0.717) is 12.1 Å². The molecule has 0 fully saturated rings. The van der Waals surface area contributed by atoms with E-state index in [1.165, 1.54) is 25.7 Å². The first-order chi connectivity index (χ1) is 7.47. The van der Waals surface area contributed by atoms with Crippen LogP contribution >= 0.6 is 0 Å². The Balaban J connectivity index is 4.34. The van der Waals surface area contributed by atoms with Gasteiger partial charge in [-0.15, -0.1) is 0 Å². The number of methoxy groups -OCH3 is 1. The summed E-state index contributed by atoms with van der Waals surface area (Å²) in [6.07, 6.45) is 5.42. The normalized spacial score (nSPS) is 16.1. The SMILES string of the molecule is CCCCCC(NCC)C(OC)C(C)(C)C. The summed E-state index contributed by atoms with van der Waals surface area (Å²) in [4.78, 5) is 0. The molecule has 0 rings (SSSR count). The van der Waals surface area contributed by atoms with Gasteiger partial charge in [-0.05, 0) is 18.4 Å². The monoisotopic (exact) mass is 229 g/mol. The Morgan fingerprint density at radius 3 is 2.12 bits per heavy atom. The molecule has 0 aliphatic heterocycles. The topological polar surface area (TPSA) is 21.3 Å². The maximum Gasteiger partial charge on any atom is 0.0772 e. The van der Waals surface area contributed by atoms with Crippen LogP contribution in [0, 0.1) is 5.41 Å². The Hall–Kier alpha value is -0.0800. The van der Waals surface area contributed by atoms with E-state index in [1.54, 1.807) is 0 Å². The first-order valence-electron chi connectivity index (χ1n) is 6.73. The molecule has 2 nitrogen and oxygen atoms in total. The molecule has 2 atom stereocenters. The fourth-order valence-corrected chi connectivity index (χ4v) is 2.36. The Labute approximate surface area is 102 Å². The molecule has 0 aliphatic carbocycles. The number of hydrogen-bond donors (Lipinski definition) is 1. The lowest BCUT2D eigenvalue weighted by molar-refractivity contribution is -0.0132. The highest BCUT2D eigenvalue weighted by atomic mass is 16.5. The van der Waals surface area contributed by atoms with E-state index in [-0.39, 0.29) is 5.41 Å². The summed E-state index contributed by atoms with van der Waals surface area (Å²) < 4.78 is 5.70. The zero-order chi connectivity index (χ0) is 12.6. The number of hydrogen-bond acceptors (Lipinski definition) is 2. The Kier molecular flexibility index (Phi) is 8.04. The molecule has 2 unspecified atom stereocenters. The van der Waals surface area contributed by atoms with Crippen molar-refractivity contribution in [2.75, 3.05) is 13.7 Å². The van der Waals surface area contributed by atoms with Gasteiger partial charge in [0, 0.05) is 13.2 Å². The smallest absolute Gasteiger partial charge is 0.0772 e. The summed E-state index contributed by atoms with van der Waals surface area (Å²) >= 11 is 0. The number of nitrogens with one attached hydrogen (secondary N) is 1. The zero-order valence-electron chi connectivity index (χ0n) is 12.1. The van der Waals surface area contributed by atoms with E-state index < -0.39 is 0 Å². The molecule has 0 heterocycles. The molecule has 0 amide bonds. The summed E-state index contributed by atoms with van der Waals surface area (Å²) in [5.41, 5.74) is 0.202. The number of likely N-dealkylation sites (N-methyl/N-ethyl adjacent to an activating group) is 1. The Morgan fingerprint density at radius 2 is 1.75 bits per heavy atom. The third-order valence-electron chi connectivity index (χ3n) is 3.06. The van der Waals surface area contributed by atoms with Crippen molar-refractivity contribution in [2.24, 2.45) is 5.41 Å². The van der Waals surface area contributed by atoms with E-state index in [0.717, 1.165) is 6.54 Å². The van der Waals surface area contributed by atoms with Gasteiger partial charge in [-0.25, -0.2) is 0 Å². The highest BCUT2D eigenvalue weighted by Crippen LogP contribution is 2.26. The van der Waals surface area contributed by atoms with Crippen LogP contribution in [0.5, 0.6) is 0 Å². The maximum atomic E-state index is 5.70. The van der Waals surface area contributed by atoms with Crippen molar-refractivity contribution in [1.82, 2.24) is 5.32 Å². The molecule has 0 saturated carbocycles. The summed E-state index contributed by atoms with van der Waals surface area (Å²) in [6, 6.07) is 0.488. The molecule has 0 aromatic heterocycles. The van der Waals surface area contributed by atoms with Crippen molar-refractivity contribution in [3.63, 3.8) is 0 Å². The van der Waals surface area contributed by atoms with Crippen molar-refractivity contribution in [3.8, 4) is 0 Å². The van der Waals surface area contributed by atoms with Gasteiger partial charge >= 0.3 is 0 Å². The summed E-state index contributed by atoms with van der Waals surface area (Å²) in [5, 5.41) is 3.57. The van der Waals surface area contributed by atoms with Crippen LogP contribution in [0.2, 0.25) is 0 Å². The number of ether oxygens (including phenoxy) is 1. The van der Waals surface area contributed by atoms with Crippen LogP contribution in [0.3, 0.4) is 0 Å². The number of unbranched alkanes of at least 4 members (excludes halogenated alkanes) is 2. The standard InChI is InChI=1S/C14H31NO/c1-7-9-10-11-12(15-8-2)13(16-6)14(3,4)5/h12-13,15H,7-11H2,1-6H3. The van der Waals surface area contributed by atoms with E-state index in [9.17, 15) is 0 Å². The summed E-state index contributed by atoms with van der Waals surface area (Å²) in [5.74, 6) is 0. The largest absolute Gasteiger partial charge is 0.379 e. The van der Waals surface area contributed by atoms with Crippen molar-refractivity contribution in [1.29, 1.82) is 0 Å². The zero-order valence-corrected chi connectivity index (χ0v) is 12.1. The lowest BCUT2D eigenvalue weighted by atomic mass is 9.82. The summed E-state index contributed by atoms with van der Waals surface area (Å²) in [7, 11) is 1.83. The van der Waals surface area contributed by atoms with Crippen LogP contribution in [-0.2, 0) is 4.74 Å². The van der Waals surface area contributed by atoms with E-state index in [1.807, 2.05) is 7.11 Å². The molecule has 0 aromatic rings. The maximum absolute atomic E-state index is 5.70. The van der Waals surface area contributed by atoms with Crippen molar-refractivity contribution < 1.29 is 4.74 Å². The van der Waals surface area contributed by atoms with Crippen molar-refractivity contribution in [2.45, 2.75) is 72.4 Å². The average molecular weight is 229 g/mol. The third kappa shape index (κ3) is 5.86. The van der Waals surface area contributed by atoms with Gasteiger partial charge < -0.3 is 10.1 Å². The van der Waals surface area contributed by atoms with Crippen molar-refractivity contribution in [3.05, 3.63) is 0 Å². The van der Waals surface area contributed by atoms with Crippen LogP contribution in [0.4, 0.5) is 0 Å². The van der Waals surface area contributed by atoms with Gasteiger partial charge in [0.1, 0.15) is 0 Å². The highest BCUT2D eigenvalue weighted by molar-refractivity contribution is 4.85. The molecule has 98 valence electrons. The molecule has 1 N–H and O–H groups in total. The minimum Gasteiger partial charge on any atom is -0.379 e. The summed E-state index contributed by atoms with van der Waals surface area (Å²) in [6.45, 7) is 12.2. The van der Waals surface area contributed by atoms with Gasteiger partial charge in [-0.3, -0.25) is 0 Å². The molecule has 0 bridgehead atoms. The molecular weight excluding hydrogens is 198 g/mol. The second-order valence-electron chi connectivity index (χ2n) is 5.68. The fourth-order valence-electron chi connectivity index (χ4n) is 2.36. The first-order valence-corrected chi connectivity index (χ1v) is 6.73. The van der Waals surface area contributed by atoms with Crippen LogP contribution < -0.4 is 5.32 Å². The second kappa shape index (κ2) is 8.08. The van der Waals surface area contributed by atoms with Gasteiger partial charge in [0.15, 0.2) is 0 Å². The van der Waals surface area contributed by atoms with Crippen LogP contribution in [0.1, 0.15) is 60.3 Å². The van der Waals surface area contributed by atoms with Crippen LogP contribution in [-0.4, -0.2) is 25.8 Å². The lowest BCUT2D eigenvalue weighted by Crippen LogP contribution is -2.47. The van der Waals surface area contributed by atoms with Crippen molar-refractivity contribution >= 4 is 0 Å². The molecule has 2 heteroatoms. The van der Waals surface area contributed by atoms with E-state index in [2.05, 4.69) is 39.9 Å². The third-order valence-corrected chi connectivity index (χ3v) is 3.06. The van der Waals surface area contributed by atoms with Gasteiger partial charge in [0.05, 0.1) is 6.10 Å². The van der Waals surface area contributed by atoms with Crippen LogP contribution in [0.25, 0.3) is 0 Å². The first kappa shape index (κ1) is 15.9. The fraction of sp³-hybridized carbons (Fsp3) is 1.00. The van der Waals surface area contributed by atoms with Crippen LogP contribution in [0.15, 0.2) is 0 Å². The highest BCUT2D eigenvalue weighted by Gasteiger charge is 2.31. The Bertz CT molecular complexity index is 163. The van der Waals surface area contributed by atoms with Gasteiger partial charge in [-0.1, -0.05) is 53.9 Å². The molecule has 0 saturated heterocycles. The van der Waals surface area contributed by atoms with E-state index in [4.69, 9.17) is 4.74 Å². The van der Waals surface area contributed by atoms with Gasteiger partial charge in [0.25, 0.3) is 0 Å². The lowest BCUT2D eigenvalue weighted by Gasteiger charge is -2.36. The molecule has 16 heavy (non-hydrogen) atoms. The number of rotatable bonds is 8. The molecule has 0 aromatic carbocycles. The van der Waals surface area contributed by atoms with Gasteiger partial charge in [-0.2, -0.15) is 0 Å². The predicted molar refractivity (Wildman–Crippen MR) is 71.9 cm³/mol. The van der Waals surface area contributed by atoms with Gasteiger partial charge in [0.2, 0.25) is 0 Å². The average Bonchev–Trinajstić information content (AvgIpc) is 2.17.